The fourth-order valence-corrected chi connectivity index (χ4v) is 3.48. The molecule has 1 saturated heterocycles. The topological polar surface area (TPSA) is 15.3 Å². The van der Waals surface area contributed by atoms with Crippen LogP contribution in [0.4, 0.5) is 0 Å². The van der Waals surface area contributed by atoms with Gasteiger partial charge in [-0.25, -0.2) is 0 Å². The molecule has 1 aliphatic heterocycles. The summed E-state index contributed by atoms with van der Waals surface area (Å²) in [5.74, 6) is 2.55. The summed E-state index contributed by atoms with van der Waals surface area (Å²) in [6.07, 6.45) is 2.47. The summed E-state index contributed by atoms with van der Waals surface area (Å²) in [7, 11) is 0. The third-order valence-electron chi connectivity index (χ3n) is 4.04. The van der Waals surface area contributed by atoms with Crippen molar-refractivity contribution < 1.29 is 0 Å². The summed E-state index contributed by atoms with van der Waals surface area (Å²) in [6, 6.07) is 12.1. The third-order valence-corrected chi connectivity index (χ3v) is 5.03. The van der Waals surface area contributed by atoms with E-state index < -0.39 is 0 Å². The largest absolute Gasteiger partial charge is 0.311 e. The minimum absolute atomic E-state index is 0.604. The van der Waals surface area contributed by atoms with Crippen LogP contribution in [0, 0.1) is 0 Å². The molecule has 0 spiro atoms. The maximum Gasteiger partial charge on any atom is 0.0236 e. The van der Waals surface area contributed by atoms with Gasteiger partial charge in [-0.2, -0.15) is 11.8 Å². The molecule has 0 amide bonds. The standard InChI is InChI=1S/C17H28N2S/c1-3-20-11-7-10-19-14-17(18-13-15(19)2)12-16-8-5-4-6-9-16/h4-6,8-9,15,17-18H,3,7,10-14H2,1-2H3. The average molecular weight is 292 g/mol. The minimum atomic E-state index is 0.604. The molecule has 0 radical (unpaired) electrons. The molecular formula is C17H28N2S. The molecule has 2 atom stereocenters. The fraction of sp³-hybridized carbons (Fsp3) is 0.647. The van der Waals surface area contributed by atoms with E-state index in [4.69, 9.17) is 0 Å². The molecule has 20 heavy (non-hydrogen) atoms. The number of benzene rings is 1. The normalized spacial score (nSPS) is 23.9. The van der Waals surface area contributed by atoms with Crippen LogP contribution >= 0.6 is 11.8 Å². The highest BCUT2D eigenvalue weighted by Crippen LogP contribution is 2.13. The first-order valence-electron chi connectivity index (χ1n) is 7.88. The van der Waals surface area contributed by atoms with Crippen molar-refractivity contribution in [3.05, 3.63) is 35.9 Å². The van der Waals surface area contributed by atoms with E-state index in [0.717, 1.165) is 13.0 Å². The monoisotopic (exact) mass is 292 g/mol. The van der Waals surface area contributed by atoms with Crippen molar-refractivity contribution >= 4 is 11.8 Å². The Hall–Kier alpha value is -0.510. The number of nitrogens with zero attached hydrogens (tertiary/aromatic N) is 1. The first kappa shape index (κ1) is 15.9. The van der Waals surface area contributed by atoms with Crippen LogP contribution in [-0.2, 0) is 6.42 Å². The van der Waals surface area contributed by atoms with Gasteiger partial charge in [-0.05, 0) is 43.4 Å². The molecule has 1 aliphatic rings. The van der Waals surface area contributed by atoms with Gasteiger partial charge in [0.05, 0.1) is 0 Å². The Kier molecular flexibility index (Phi) is 6.91. The molecule has 0 aromatic heterocycles. The van der Waals surface area contributed by atoms with Crippen molar-refractivity contribution in [3.8, 4) is 0 Å². The first-order valence-corrected chi connectivity index (χ1v) is 9.04. The molecule has 0 saturated carbocycles. The van der Waals surface area contributed by atoms with Crippen molar-refractivity contribution in [2.45, 2.75) is 38.8 Å². The summed E-state index contributed by atoms with van der Waals surface area (Å²) < 4.78 is 0. The molecule has 1 heterocycles. The molecule has 0 bridgehead atoms. The highest BCUT2D eigenvalue weighted by molar-refractivity contribution is 7.99. The quantitative estimate of drug-likeness (QED) is 0.778. The number of piperazine rings is 1. The van der Waals surface area contributed by atoms with Crippen molar-refractivity contribution in [3.63, 3.8) is 0 Å². The van der Waals surface area contributed by atoms with E-state index in [-0.39, 0.29) is 0 Å². The molecule has 2 rings (SSSR count). The molecule has 0 aliphatic carbocycles. The lowest BCUT2D eigenvalue weighted by Crippen LogP contribution is -2.56. The van der Waals surface area contributed by atoms with Crippen LogP contribution in [0.15, 0.2) is 30.3 Å². The second-order valence-electron chi connectivity index (χ2n) is 5.69. The van der Waals surface area contributed by atoms with Crippen LogP contribution in [0.25, 0.3) is 0 Å². The first-order chi connectivity index (χ1) is 9.79. The van der Waals surface area contributed by atoms with Crippen molar-refractivity contribution in [1.29, 1.82) is 0 Å². The molecule has 3 heteroatoms. The van der Waals surface area contributed by atoms with Crippen molar-refractivity contribution in [1.82, 2.24) is 10.2 Å². The fourth-order valence-electron chi connectivity index (χ4n) is 2.85. The Labute approximate surface area is 128 Å². The van der Waals surface area contributed by atoms with Gasteiger partial charge in [-0.3, -0.25) is 4.90 Å². The van der Waals surface area contributed by atoms with Gasteiger partial charge in [0.2, 0.25) is 0 Å². The molecular weight excluding hydrogens is 264 g/mol. The lowest BCUT2D eigenvalue weighted by Gasteiger charge is -2.39. The zero-order valence-corrected chi connectivity index (χ0v) is 13.7. The lowest BCUT2D eigenvalue weighted by atomic mass is 10.0. The zero-order chi connectivity index (χ0) is 14.2. The Morgan fingerprint density at radius 2 is 2.10 bits per heavy atom. The lowest BCUT2D eigenvalue weighted by molar-refractivity contribution is 0.141. The van der Waals surface area contributed by atoms with Gasteiger partial charge in [0.25, 0.3) is 0 Å². The molecule has 1 aromatic rings. The van der Waals surface area contributed by atoms with E-state index in [1.807, 2.05) is 0 Å². The van der Waals surface area contributed by atoms with Crippen LogP contribution in [0.2, 0.25) is 0 Å². The van der Waals surface area contributed by atoms with Crippen molar-refractivity contribution in [2.24, 2.45) is 0 Å². The maximum atomic E-state index is 3.70. The van der Waals surface area contributed by atoms with E-state index in [0.29, 0.717) is 12.1 Å². The number of hydrogen-bond donors (Lipinski definition) is 1. The van der Waals surface area contributed by atoms with Gasteiger partial charge in [0.15, 0.2) is 0 Å². The Morgan fingerprint density at radius 3 is 2.85 bits per heavy atom. The van der Waals surface area contributed by atoms with E-state index in [1.54, 1.807) is 0 Å². The third kappa shape index (κ3) is 5.12. The van der Waals surface area contributed by atoms with Gasteiger partial charge >= 0.3 is 0 Å². The SMILES string of the molecule is CCSCCCN1CC(Cc2ccccc2)NCC1C. The molecule has 1 N–H and O–H groups in total. The van der Waals surface area contributed by atoms with E-state index in [2.05, 4.69) is 66.2 Å². The number of rotatable bonds is 7. The Balaban J connectivity index is 1.78. The van der Waals surface area contributed by atoms with Crippen LogP contribution in [0.1, 0.15) is 25.8 Å². The highest BCUT2D eigenvalue weighted by Gasteiger charge is 2.24. The zero-order valence-electron chi connectivity index (χ0n) is 12.8. The van der Waals surface area contributed by atoms with Gasteiger partial charge in [0.1, 0.15) is 0 Å². The molecule has 2 nitrogen and oxygen atoms in total. The molecule has 1 aromatic carbocycles. The second kappa shape index (κ2) is 8.71. The Bertz CT molecular complexity index is 369. The summed E-state index contributed by atoms with van der Waals surface area (Å²) in [5.41, 5.74) is 1.45. The van der Waals surface area contributed by atoms with E-state index in [9.17, 15) is 0 Å². The predicted octanol–water partition coefficient (Wildman–Crippen LogP) is 3.03. The average Bonchev–Trinajstić information content (AvgIpc) is 2.48. The predicted molar refractivity (Wildman–Crippen MR) is 90.6 cm³/mol. The van der Waals surface area contributed by atoms with Crippen LogP contribution in [0.5, 0.6) is 0 Å². The number of hydrogen-bond acceptors (Lipinski definition) is 3. The van der Waals surface area contributed by atoms with Gasteiger partial charge < -0.3 is 5.32 Å². The van der Waals surface area contributed by atoms with Gasteiger partial charge in [-0.15, -0.1) is 0 Å². The molecule has 112 valence electrons. The summed E-state index contributed by atoms with van der Waals surface area (Å²) in [5, 5.41) is 3.70. The highest BCUT2D eigenvalue weighted by atomic mass is 32.2. The van der Waals surface area contributed by atoms with Gasteiger partial charge in [-0.1, -0.05) is 37.3 Å². The van der Waals surface area contributed by atoms with Crippen LogP contribution in [-0.4, -0.2) is 48.1 Å². The van der Waals surface area contributed by atoms with Crippen LogP contribution in [0.3, 0.4) is 0 Å². The maximum absolute atomic E-state index is 3.70. The number of nitrogens with one attached hydrogen (secondary N) is 1. The second-order valence-corrected chi connectivity index (χ2v) is 7.08. The summed E-state index contributed by atoms with van der Waals surface area (Å²) in [6.45, 7) is 8.15. The van der Waals surface area contributed by atoms with Crippen molar-refractivity contribution in [2.75, 3.05) is 31.1 Å². The number of thioether (sulfide) groups is 1. The summed E-state index contributed by atoms with van der Waals surface area (Å²) >= 11 is 2.06. The van der Waals surface area contributed by atoms with Gasteiger partial charge in [0, 0.05) is 25.2 Å². The molecule has 1 fully saturated rings. The minimum Gasteiger partial charge on any atom is -0.311 e. The van der Waals surface area contributed by atoms with Crippen LogP contribution < -0.4 is 5.32 Å². The molecule has 2 unspecified atom stereocenters. The van der Waals surface area contributed by atoms with E-state index in [1.165, 1.54) is 36.6 Å². The van der Waals surface area contributed by atoms with E-state index >= 15 is 0 Å². The summed E-state index contributed by atoms with van der Waals surface area (Å²) in [4.78, 5) is 2.67. The smallest absolute Gasteiger partial charge is 0.0236 e. The Morgan fingerprint density at radius 1 is 1.30 bits per heavy atom.